The monoisotopic (exact) mass is 332 g/mol. The van der Waals surface area contributed by atoms with Gasteiger partial charge in [-0.2, -0.15) is 0 Å². The molecular weight excluding hydrogens is 312 g/mol. The van der Waals surface area contributed by atoms with Gasteiger partial charge in [-0.15, -0.1) is 11.8 Å². The fourth-order valence-electron chi connectivity index (χ4n) is 1.94. The summed E-state index contributed by atoms with van der Waals surface area (Å²) in [5, 5.41) is 0. The number of carbonyl (C=O) groups excluding carboxylic acids is 2. The zero-order valence-corrected chi connectivity index (χ0v) is 14.3. The average Bonchev–Trinajstić information content (AvgIpc) is 2.94. The van der Waals surface area contributed by atoms with Gasteiger partial charge in [0.15, 0.2) is 0 Å². The first-order chi connectivity index (χ1) is 11.0. The topological polar surface area (TPSA) is 71.3 Å². The number of benzene rings is 1. The lowest BCUT2D eigenvalue weighted by Crippen LogP contribution is -2.41. The smallest absolute Gasteiger partial charge is 0.273 e. The van der Waals surface area contributed by atoms with Crippen molar-refractivity contribution in [3.63, 3.8) is 0 Å². The fraction of sp³-hybridized carbons (Fsp3) is 0.294. The molecule has 0 fully saturated rings. The van der Waals surface area contributed by atoms with Gasteiger partial charge in [-0.1, -0.05) is 6.07 Å². The molecule has 6 heteroatoms. The van der Waals surface area contributed by atoms with Crippen LogP contribution in [0.15, 0.2) is 39.8 Å². The van der Waals surface area contributed by atoms with Crippen molar-refractivity contribution >= 4 is 23.6 Å². The van der Waals surface area contributed by atoms with Crippen LogP contribution in [0.3, 0.4) is 0 Å². The molecule has 0 aliphatic heterocycles. The predicted molar refractivity (Wildman–Crippen MR) is 90.3 cm³/mol. The van der Waals surface area contributed by atoms with E-state index in [1.807, 2.05) is 6.07 Å². The summed E-state index contributed by atoms with van der Waals surface area (Å²) in [5.74, 6) is 0.555. The fourth-order valence-corrected chi connectivity index (χ4v) is 2.89. The number of carbonyl (C=O) groups is 2. The SMILES string of the molecule is Cc1ccc(SCCC(=O)NNC(=O)c2ccoc2C)cc1C. The molecule has 1 aromatic carbocycles. The van der Waals surface area contributed by atoms with Crippen molar-refractivity contribution in [3.05, 3.63) is 53.0 Å². The van der Waals surface area contributed by atoms with Gasteiger partial charge in [-0.05, 0) is 50.1 Å². The van der Waals surface area contributed by atoms with Crippen molar-refractivity contribution in [1.29, 1.82) is 0 Å². The minimum absolute atomic E-state index is 0.226. The highest BCUT2D eigenvalue weighted by atomic mass is 32.2. The van der Waals surface area contributed by atoms with Crippen LogP contribution in [0.25, 0.3) is 0 Å². The minimum atomic E-state index is -0.383. The van der Waals surface area contributed by atoms with Crippen LogP contribution in [0, 0.1) is 20.8 Å². The Labute approximate surface area is 139 Å². The third kappa shape index (κ3) is 4.89. The maximum absolute atomic E-state index is 11.8. The number of hydrazine groups is 1. The Hall–Kier alpha value is -2.21. The third-order valence-electron chi connectivity index (χ3n) is 3.50. The Morgan fingerprint density at radius 3 is 2.52 bits per heavy atom. The molecule has 5 nitrogen and oxygen atoms in total. The predicted octanol–water partition coefficient (Wildman–Crippen LogP) is 3.15. The second-order valence-electron chi connectivity index (χ2n) is 5.24. The van der Waals surface area contributed by atoms with E-state index in [0.717, 1.165) is 4.90 Å². The highest BCUT2D eigenvalue weighted by molar-refractivity contribution is 7.99. The zero-order chi connectivity index (χ0) is 16.8. The molecule has 0 aliphatic carbocycles. The minimum Gasteiger partial charge on any atom is -0.469 e. The third-order valence-corrected chi connectivity index (χ3v) is 4.49. The van der Waals surface area contributed by atoms with E-state index >= 15 is 0 Å². The molecule has 0 saturated heterocycles. The van der Waals surface area contributed by atoms with Crippen LogP contribution in [0.2, 0.25) is 0 Å². The van der Waals surface area contributed by atoms with Gasteiger partial charge in [0.25, 0.3) is 5.91 Å². The molecule has 1 heterocycles. The zero-order valence-electron chi connectivity index (χ0n) is 13.4. The maximum Gasteiger partial charge on any atom is 0.273 e. The highest BCUT2D eigenvalue weighted by Gasteiger charge is 2.12. The van der Waals surface area contributed by atoms with Gasteiger partial charge in [0.1, 0.15) is 5.76 Å². The van der Waals surface area contributed by atoms with E-state index in [2.05, 4.69) is 36.8 Å². The molecule has 2 aromatic rings. The van der Waals surface area contributed by atoms with Crippen molar-refractivity contribution < 1.29 is 14.0 Å². The Bertz CT molecular complexity index is 710. The van der Waals surface area contributed by atoms with Crippen LogP contribution in [0.1, 0.15) is 33.7 Å². The van der Waals surface area contributed by atoms with Gasteiger partial charge >= 0.3 is 0 Å². The van der Waals surface area contributed by atoms with Crippen LogP contribution < -0.4 is 10.9 Å². The Balaban J connectivity index is 1.72. The van der Waals surface area contributed by atoms with Crippen LogP contribution in [0.4, 0.5) is 0 Å². The second kappa shape index (κ2) is 7.87. The van der Waals surface area contributed by atoms with Crippen molar-refractivity contribution in [2.75, 3.05) is 5.75 Å². The van der Waals surface area contributed by atoms with Gasteiger partial charge < -0.3 is 4.42 Å². The summed E-state index contributed by atoms with van der Waals surface area (Å²) >= 11 is 1.62. The first-order valence-electron chi connectivity index (χ1n) is 7.30. The standard InChI is InChI=1S/C17H20N2O3S/c1-11-4-5-14(10-12(11)2)23-9-7-16(20)18-19-17(21)15-6-8-22-13(15)3/h4-6,8,10H,7,9H2,1-3H3,(H,18,20)(H,19,21). The summed E-state index contributed by atoms with van der Waals surface area (Å²) in [6.45, 7) is 5.83. The van der Waals surface area contributed by atoms with Crippen molar-refractivity contribution in [1.82, 2.24) is 10.9 Å². The molecule has 0 saturated carbocycles. The molecule has 0 atom stereocenters. The Morgan fingerprint density at radius 1 is 1.09 bits per heavy atom. The molecule has 0 unspecified atom stereocenters. The van der Waals surface area contributed by atoms with Crippen LogP contribution in [-0.4, -0.2) is 17.6 Å². The maximum atomic E-state index is 11.8. The molecule has 0 spiro atoms. The van der Waals surface area contributed by atoms with Gasteiger partial charge in [-0.3, -0.25) is 20.4 Å². The number of hydrogen-bond acceptors (Lipinski definition) is 4. The lowest BCUT2D eigenvalue weighted by atomic mass is 10.1. The number of hydrogen-bond donors (Lipinski definition) is 2. The van der Waals surface area contributed by atoms with Crippen LogP contribution in [-0.2, 0) is 4.79 Å². The lowest BCUT2D eigenvalue weighted by Gasteiger charge is -2.07. The molecule has 0 bridgehead atoms. The number of amides is 2. The quantitative estimate of drug-likeness (QED) is 0.652. The number of thioether (sulfide) groups is 1. The lowest BCUT2D eigenvalue weighted by molar-refractivity contribution is -0.121. The average molecular weight is 332 g/mol. The van der Waals surface area contributed by atoms with Crippen molar-refractivity contribution in [2.24, 2.45) is 0 Å². The van der Waals surface area contributed by atoms with E-state index < -0.39 is 0 Å². The Morgan fingerprint density at radius 2 is 1.87 bits per heavy atom. The van der Waals surface area contributed by atoms with Crippen LogP contribution >= 0.6 is 11.8 Å². The summed E-state index contributed by atoms with van der Waals surface area (Å²) in [5.41, 5.74) is 7.70. The van der Waals surface area contributed by atoms with Crippen LogP contribution in [0.5, 0.6) is 0 Å². The van der Waals surface area contributed by atoms with Crippen molar-refractivity contribution in [2.45, 2.75) is 32.1 Å². The summed E-state index contributed by atoms with van der Waals surface area (Å²) in [6, 6.07) is 7.80. The van der Waals surface area contributed by atoms with E-state index in [9.17, 15) is 9.59 Å². The second-order valence-corrected chi connectivity index (χ2v) is 6.41. The molecule has 0 radical (unpaired) electrons. The molecule has 23 heavy (non-hydrogen) atoms. The van der Waals surface area contributed by atoms with E-state index in [1.54, 1.807) is 24.8 Å². The molecule has 1 aromatic heterocycles. The van der Waals surface area contributed by atoms with Gasteiger partial charge in [0, 0.05) is 17.1 Å². The summed E-state index contributed by atoms with van der Waals surface area (Å²) < 4.78 is 5.05. The van der Waals surface area contributed by atoms with Gasteiger partial charge in [0.2, 0.25) is 5.91 Å². The van der Waals surface area contributed by atoms with Crippen molar-refractivity contribution in [3.8, 4) is 0 Å². The highest BCUT2D eigenvalue weighted by Crippen LogP contribution is 2.21. The van der Waals surface area contributed by atoms with E-state index in [4.69, 9.17) is 4.42 Å². The van der Waals surface area contributed by atoms with Gasteiger partial charge in [0.05, 0.1) is 11.8 Å². The number of furan rings is 1. The number of aryl methyl sites for hydroxylation is 3. The first-order valence-corrected chi connectivity index (χ1v) is 8.29. The molecule has 2 rings (SSSR count). The summed E-state index contributed by atoms with van der Waals surface area (Å²) in [6.07, 6.45) is 1.76. The van der Waals surface area contributed by atoms with Gasteiger partial charge in [-0.25, -0.2) is 0 Å². The molecule has 122 valence electrons. The molecule has 0 aliphatic rings. The Kier molecular flexibility index (Phi) is 5.87. The largest absolute Gasteiger partial charge is 0.469 e. The molecular formula is C17H20N2O3S. The number of rotatable bonds is 5. The van der Waals surface area contributed by atoms with E-state index in [0.29, 0.717) is 23.5 Å². The van der Waals surface area contributed by atoms with E-state index in [1.165, 1.54) is 17.4 Å². The summed E-state index contributed by atoms with van der Waals surface area (Å²) in [4.78, 5) is 24.7. The summed E-state index contributed by atoms with van der Waals surface area (Å²) in [7, 11) is 0. The normalized spacial score (nSPS) is 10.4. The van der Waals surface area contributed by atoms with E-state index in [-0.39, 0.29) is 11.8 Å². The number of nitrogens with one attached hydrogen (secondary N) is 2. The first kappa shape index (κ1) is 17.1. The molecule has 2 N–H and O–H groups in total. The molecule has 2 amide bonds.